The maximum absolute atomic E-state index is 12.4. The molecule has 0 aliphatic heterocycles. The molecule has 4 heteroatoms. The zero-order valence-electron chi connectivity index (χ0n) is 24.1. The van der Waals surface area contributed by atoms with Crippen LogP contribution >= 0.6 is 0 Å². The second kappa shape index (κ2) is 18.0. The van der Waals surface area contributed by atoms with Crippen LogP contribution in [0.1, 0.15) is 102 Å². The number of nitrogens with zero attached hydrogens (tertiary/aromatic N) is 1. The lowest BCUT2D eigenvalue weighted by Gasteiger charge is -2.29. The molecule has 2 aromatic carbocycles. The van der Waals surface area contributed by atoms with Crippen LogP contribution in [0, 0.1) is 0 Å². The van der Waals surface area contributed by atoms with Gasteiger partial charge in [-0.1, -0.05) is 107 Å². The van der Waals surface area contributed by atoms with E-state index >= 15 is 0 Å². The Morgan fingerprint density at radius 1 is 0.784 bits per heavy atom. The van der Waals surface area contributed by atoms with Crippen LogP contribution in [-0.4, -0.2) is 37.4 Å². The third-order valence-corrected chi connectivity index (χ3v) is 6.91. The molecule has 0 aliphatic carbocycles. The van der Waals surface area contributed by atoms with E-state index in [4.69, 9.17) is 9.47 Å². The van der Waals surface area contributed by atoms with Crippen molar-refractivity contribution < 1.29 is 18.8 Å². The number of carbonyl (C=O) groups is 1. The van der Waals surface area contributed by atoms with Crippen molar-refractivity contribution in [1.29, 1.82) is 0 Å². The summed E-state index contributed by atoms with van der Waals surface area (Å²) in [7, 11) is 4.40. The van der Waals surface area contributed by atoms with E-state index in [-0.39, 0.29) is 5.97 Å². The topological polar surface area (TPSA) is 35.5 Å². The fraction of sp³-hybridized carbons (Fsp3) is 0.606. The molecule has 1 atom stereocenters. The largest absolute Gasteiger partial charge is 0.455 e. The van der Waals surface area contributed by atoms with Gasteiger partial charge in [0.1, 0.15) is 12.3 Å². The minimum atomic E-state index is -0.591. The molecule has 0 saturated heterocycles. The van der Waals surface area contributed by atoms with Gasteiger partial charge in [0, 0.05) is 18.9 Å². The molecular formula is C33H52NO3+. The van der Waals surface area contributed by atoms with Crippen molar-refractivity contribution in [3.05, 3.63) is 65.7 Å². The molecule has 37 heavy (non-hydrogen) atoms. The van der Waals surface area contributed by atoms with Crippen LogP contribution in [0.5, 0.6) is 5.75 Å². The van der Waals surface area contributed by atoms with Crippen molar-refractivity contribution in [2.75, 3.05) is 20.6 Å². The highest BCUT2D eigenvalue weighted by atomic mass is 16.7. The quantitative estimate of drug-likeness (QED) is 0.0775. The maximum Gasteiger partial charge on any atom is 0.309 e. The van der Waals surface area contributed by atoms with Crippen molar-refractivity contribution >= 4 is 5.97 Å². The van der Waals surface area contributed by atoms with Gasteiger partial charge in [0.25, 0.3) is 0 Å². The Kier molecular flexibility index (Phi) is 15.0. The normalized spacial score (nSPS) is 12.3. The minimum Gasteiger partial charge on any atom is -0.455 e. The van der Waals surface area contributed by atoms with Crippen LogP contribution in [0.15, 0.2) is 54.6 Å². The highest BCUT2D eigenvalue weighted by Crippen LogP contribution is 2.19. The van der Waals surface area contributed by atoms with Crippen molar-refractivity contribution in [3.63, 3.8) is 0 Å². The minimum absolute atomic E-state index is 0.200. The Morgan fingerprint density at radius 3 is 2.08 bits per heavy atom. The third-order valence-electron chi connectivity index (χ3n) is 6.91. The standard InChI is InChI=1S/C33H52NO3/c1-5-6-7-8-9-10-11-12-13-15-20-30-23-18-24-32(27-30)36-29(2)37-33(35)25-19-26-34(3,4)28-31-21-16-14-17-22-31/h14,16-18,21-24,27,29H,5-13,15,19-20,25-26,28H2,1-4H3/q+1. The van der Waals surface area contributed by atoms with Crippen molar-refractivity contribution in [2.24, 2.45) is 0 Å². The maximum atomic E-state index is 12.4. The van der Waals surface area contributed by atoms with Crippen LogP contribution in [0.3, 0.4) is 0 Å². The van der Waals surface area contributed by atoms with Gasteiger partial charge in [0.2, 0.25) is 6.29 Å². The fourth-order valence-corrected chi connectivity index (χ4v) is 4.86. The zero-order chi connectivity index (χ0) is 26.8. The summed E-state index contributed by atoms with van der Waals surface area (Å²) in [5.74, 6) is 0.569. The molecule has 0 N–H and O–H groups in total. The van der Waals surface area contributed by atoms with Crippen LogP contribution in [-0.2, 0) is 22.5 Å². The number of hydrogen-bond donors (Lipinski definition) is 0. The van der Waals surface area contributed by atoms with Gasteiger partial charge in [0.05, 0.1) is 27.1 Å². The Hall–Kier alpha value is -2.33. The molecule has 2 rings (SSSR count). The molecule has 1 unspecified atom stereocenters. The summed E-state index contributed by atoms with van der Waals surface area (Å²) in [6.07, 6.45) is 15.2. The number of carbonyl (C=O) groups excluding carboxylic acids is 1. The number of aryl methyl sites for hydroxylation is 1. The molecule has 2 aromatic rings. The van der Waals surface area contributed by atoms with Crippen LogP contribution in [0.25, 0.3) is 0 Å². The lowest BCUT2D eigenvalue weighted by molar-refractivity contribution is -0.903. The van der Waals surface area contributed by atoms with Gasteiger partial charge >= 0.3 is 5.97 Å². The lowest BCUT2D eigenvalue weighted by Crippen LogP contribution is -2.39. The number of benzene rings is 2. The molecule has 0 spiro atoms. The number of hydrogen-bond acceptors (Lipinski definition) is 3. The van der Waals surface area contributed by atoms with E-state index in [1.807, 2.05) is 18.2 Å². The number of rotatable bonds is 20. The number of unbranched alkanes of at least 4 members (excludes halogenated alkanes) is 9. The van der Waals surface area contributed by atoms with Gasteiger partial charge in [-0.2, -0.15) is 0 Å². The first kappa shape index (κ1) is 30.9. The first-order valence-corrected chi connectivity index (χ1v) is 14.7. The lowest BCUT2D eigenvalue weighted by atomic mass is 10.0. The predicted octanol–water partition coefficient (Wildman–Crippen LogP) is 8.47. The molecule has 206 valence electrons. The molecular weight excluding hydrogens is 458 g/mol. The first-order valence-electron chi connectivity index (χ1n) is 14.7. The molecule has 0 aliphatic rings. The average molecular weight is 511 g/mol. The molecule has 0 fully saturated rings. The molecule has 0 aromatic heterocycles. The van der Waals surface area contributed by atoms with Crippen LogP contribution in [0.2, 0.25) is 0 Å². The van der Waals surface area contributed by atoms with Gasteiger partial charge < -0.3 is 14.0 Å². The van der Waals surface area contributed by atoms with E-state index < -0.39 is 6.29 Å². The van der Waals surface area contributed by atoms with E-state index in [1.54, 1.807) is 6.92 Å². The second-order valence-electron chi connectivity index (χ2n) is 11.2. The monoisotopic (exact) mass is 510 g/mol. The Balaban J connectivity index is 1.59. The molecule has 4 nitrogen and oxygen atoms in total. The highest BCUT2D eigenvalue weighted by molar-refractivity contribution is 5.69. The second-order valence-corrected chi connectivity index (χ2v) is 11.2. The van der Waals surface area contributed by atoms with Gasteiger partial charge in [-0.15, -0.1) is 0 Å². The number of ether oxygens (including phenoxy) is 2. The third kappa shape index (κ3) is 14.9. The van der Waals surface area contributed by atoms with E-state index in [1.165, 1.54) is 75.3 Å². The summed E-state index contributed by atoms with van der Waals surface area (Å²) in [6.45, 7) is 5.93. The molecule has 0 amide bonds. The van der Waals surface area contributed by atoms with Gasteiger partial charge in [-0.05, 0) is 30.5 Å². The number of quaternary nitrogens is 1. The summed E-state index contributed by atoms with van der Waals surface area (Å²) >= 11 is 0. The summed E-state index contributed by atoms with van der Waals surface area (Å²) in [4.78, 5) is 12.4. The first-order chi connectivity index (χ1) is 17.9. The van der Waals surface area contributed by atoms with Gasteiger partial charge in [0.15, 0.2) is 0 Å². The zero-order valence-corrected chi connectivity index (χ0v) is 24.1. The summed E-state index contributed by atoms with van der Waals surface area (Å²) in [5, 5.41) is 0. The van der Waals surface area contributed by atoms with E-state index in [9.17, 15) is 4.79 Å². The van der Waals surface area contributed by atoms with Crippen molar-refractivity contribution in [2.45, 2.75) is 110 Å². The molecule has 0 saturated carbocycles. The fourth-order valence-electron chi connectivity index (χ4n) is 4.86. The molecule has 0 bridgehead atoms. The van der Waals surface area contributed by atoms with Gasteiger partial charge in [-0.3, -0.25) is 4.79 Å². The van der Waals surface area contributed by atoms with Crippen molar-refractivity contribution in [3.8, 4) is 5.75 Å². The summed E-state index contributed by atoms with van der Waals surface area (Å²) in [6, 6.07) is 18.7. The van der Waals surface area contributed by atoms with Crippen molar-refractivity contribution in [1.82, 2.24) is 0 Å². The Morgan fingerprint density at radius 2 is 1.41 bits per heavy atom. The summed E-state index contributed by atoms with van der Waals surface area (Å²) in [5.41, 5.74) is 2.60. The highest BCUT2D eigenvalue weighted by Gasteiger charge is 2.18. The number of esters is 1. The molecule has 0 radical (unpaired) electrons. The average Bonchev–Trinajstić information content (AvgIpc) is 2.85. The van der Waals surface area contributed by atoms with Crippen LogP contribution < -0.4 is 4.74 Å². The molecule has 0 heterocycles. The smallest absolute Gasteiger partial charge is 0.309 e. The summed E-state index contributed by atoms with van der Waals surface area (Å²) < 4.78 is 12.3. The van der Waals surface area contributed by atoms with Crippen LogP contribution in [0.4, 0.5) is 0 Å². The van der Waals surface area contributed by atoms with Gasteiger partial charge in [-0.25, -0.2) is 0 Å². The SMILES string of the molecule is CCCCCCCCCCCCc1cccc(OC(C)OC(=O)CCC[N+](C)(C)Cc2ccccc2)c1. The van der Waals surface area contributed by atoms with E-state index in [0.717, 1.165) is 36.2 Å². The Labute approximate surface area is 227 Å². The Bertz CT molecular complexity index is 865. The van der Waals surface area contributed by atoms with E-state index in [2.05, 4.69) is 57.4 Å². The van der Waals surface area contributed by atoms with E-state index in [0.29, 0.717) is 6.42 Å². The predicted molar refractivity (Wildman–Crippen MR) is 155 cm³/mol.